The highest BCUT2D eigenvalue weighted by Gasteiger charge is 2.25. The molecule has 4 nitrogen and oxygen atoms in total. The monoisotopic (exact) mass is 308 g/mol. The van der Waals surface area contributed by atoms with Crippen LogP contribution in [0.3, 0.4) is 0 Å². The van der Waals surface area contributed by atoms with Crippen molar-refractivity contribution in [2.24, 2.45) is 0 Å². The molecule has 0 radical (unpaired) electrons. The quantitative estimate of drug-likeness (QED) is 0.841. The number of benzene rings is 1. The van der Waals surface area contributed by atoms with Gasteiger partial charge >= 0.3 is 0 Å². The fourth-order valence-corrected chi connectivity index (χ4v) is 2.92. The average Bonchev–Trinajstić information content (AvgIpc) is 3.04. The van der Waals surface area contributed by atoms with E-state index in [2.05, 4.69) is 12.2 Å². The van der Waals surface area contributed by atoms with Crippen molar-refractivity contribution in [1.29, 1.82) is 0 Å². The molecule has 0 bridgehead atoms. The van der Waals surface area contributed by atoms with Crippen molar-refractivity contribution in [3.8, 4) is 5.75 Å². The van der Waals surface area contributed by atoms with Gasteiger partial charge in [-0.2, -0.15) is 0 Å². The van der Waals surface area contributed by atoms with E-state index in [1.54, 1.807) is 6.07 Å². The summed E-state index contributed by atoms with van der Waals surface area (Å²) in [6.45, 7) is 4.73. The van der Waals surface area contributed by atoms with Crippen LogP contribution >= 0.6 is 0 Å². The number of methoxy groups -OCH3 is 1. The first kappa shape index (κ1) is 16.7. The van der Waals surface area contributed by atoms with Crippen LogP contribution in [-0.4, -0.2) is 43.6 Å². The molecule has 1 atom stereocenters. The number of carbonyl (C=O) groups excluding carboxylic acids is 1. The van der Waals surface area contributed by atoms with E-state index in [1.807, 2.05) is 11.0 Å². The Bertz CT molecular complexity index is 501. The maximum absolute atomic E-state index is 13.7. The van der Waals surface area contributed by atoms with E-state index >= 15 is 0 Å². The summed E-state index contributed by atoms with van der Waals surface area (Å²) in [5.41, 5.74) is 0.827. The Labute approximate surface area is 131 Å². The van der Waals surface area contributed by atoms with E-state index in [-0.39, 0.29) is 17.5 Å². The number of nitrogens with one attached hydrogen (secondary N) is 1. The van der Waals surface area contributed by atoms with Crippen LogP contribution in [0.2, 0.25) is 0 Å². The molecule has 1 fully saturated rings. The number of amides is 1. The predicted molar refractivity (Wildman–Crippen MR) is 84.6 cm³/mol. The van der Waals surface area contributed by atoms with Crippen LogP contribution in [0.5, 0.6) is 5.75 Å². The molecule has 0 saturated carbocycles. The van der Waals surface area contributed by atoms with E-state index in [0.717, 1.165) is 38.0 Å². The van der Waals surface area contributed by atoms with Gasteiger partial charge in [-0.1, -0.05) is 13.0 Å². The summed E-state index contributed by atoms with van der Waals surface area (Å²) in [6.07, 6.45) is 2.95. The minimum atomic E-state index is -0.377. The van der Waals surface area contributed by atoms with Crippen molar-refractivity contribution in [1.82, 2.24) is 10.2 Å². The van der Waals surface area contributed by atoms with Gasteiger partial charge in [-0.15, -0.1) is 0 Å². The fraction of sp³-hybridized carbons (Fsp3) is 0.588. The molecule has 1 saturated heterocycles. The van der Waals surface area contributed by atoms with E-state index in [4.69, 9.17) is 4.74 Å². The predicted octanol–water partition coefficient (Wildman–Crippen LogP) is 2.37. The largest absolute Gasteiger partial charge is 0.494 e. The zero-order chi connectivity index (χ0) is 15.9. The average molecular weight is 308 g/mol. The lowest BCUT2D eigenvalue weighted by molar-refractivity contribution is -0.133. The van der Waals surface area contributed by atoms with Crippen LogP contribution in [0.1, 0.15) is 31.7 Å². The summed E-state index contributed by atoms with van der Waals surface area (Å²) in [5, 5.41) is 3.30. The van der Waals surface area contributed by atoms with Crippen LogP contribution in [0.15, 0.2) is 18.2 Å². The molecule has 1 N–H and O–H groups in total. The normalized spacial score (nSPS) is 17.5. The Morgan fingerprint density at radius 1 is 1.50 bits per heavy atom. The van der Waals surface area contributed by atoms with Crippen LogP contribution < -0.4 is 10.1 Å². The molecule has 0 aliphatic carbocycles. The summed E-state index contributed by atoms with van der Waals surface area (Å²) >= 11 is 0. The van der Waals surface area contributed by atoms with E-state index in [1.165, 1.54) is 13.2 Å². The van der Waals surface area contributed by atoms with Gasteiger partial charge in [-0.05, 0) is 43.5 Å². The van der Waals surface area contributed by atoms with Crippen molar-refractivity contribution in [3.05, 3.63) is 29.6 Å². The highest BCUT2D eigenvalue weighted by molar-refractivity contribution is 5.77. The zero-order valence-corrected chi connectivity index (χ0v) is 13.4. The maximum atomic E-state index is 13.7. The lowest BCUT2D eigenvalue weighted by atomic mass is 10.1. The minimum Gasteiger partial charge on any atom is -0.494 e. The van der Waals surface area contributed by atoms with E-state index in [9.17, 15) is 9.18 Å². The third kappa shape index (κ3) is 4.19. The van der Waals surface area contributed by atoms with Crippen LogP contribution in [0.25, 0.3) is 0 Å². The molecular weight excluding hydrogens is 283 g/mol. The Morgan fingerprint density at radius 3 is 2.91 bits per heavy atom. The Balaban J connectivity index is 1.93. The molecule has 2 rings (SSSR count). The molecule has 1 aromatic carbocycles. The molecule has 1 aromatic rings. The first-order valence-corrected chi connectivity index (χ1v) is 7.98. The summed E-state index contributed by atoms with van der Waals surface area (Å²) in [4.78, 5) is 14.5. The first-order chi connectivity index (χ1) is 10.7. The van der Waals surface area contributed by atoms with E-state index < -0.39 is 0 Å². The number of rotatable bonds is 7. The standard InChI is InChI=1S/C17H25FN2O2/c1-3-10-20(14-8-9-19-12-14)17(21)7-5-13-4-6-16(22-2)15(18)11-13/h4,6,11,14,19H,3,5,7-10,12H2,1-2H3. The molecule has 1 amide bonds. The number of carbonyl (C=O) groups is 1. The Morgan fingerprint density at radius 2 is 2.32 bits per heavy atom. The van der Waals surface area contributed by atoms with Gasteiger partial charge in [0.1, 0.15) is 0 Å². The zero-order valence-electron chi connectivity index (χ0n) is 13.4. The van der Waals surface area contributed by atoms with Crippen LogP contribution in [0, 0.1) is 5.82 Å². The lowest BCUT2D eigenvalue weighted by Gasteiger charge is -2.28. The van der Waals surface area contributed by atoms with Gasteiger partial charge in [0.2, 0.25) is 5.91 Å². The Hall–Kier alpha value is -1.62. The second-order valence-corrected chi connectivity index (χ2v) is 5.70. The Kier molecular flexibility index (Phi) is 6.19. The molecule has 0 spiro atoms. The lowest BCUT2D eigenvalue weighted by Crippen LogP contribution is -2.42. The third-order valence-corrected chi connectivity index (χ3v) is 4.10. The number of nitrogens with zero attached hydrogens (tertiary/aromatic N) is 1. The third-order valence-electron chi connectivity index (χ3n) is 4.10. The number of hydrogen-bond donors (Lipinski definition) is 1. The topological polar surface area (TPSA) is 41.6 Å². The van der Waals surface area contributed by atoms with Crippen LogP contribution in [-0.2, 0) is 11.2 Å². The van der Waals surface area contributed by atoms with Gasteiger partial charge in [-0.3, -0.25) is 4.79 Å². The summed E-state index contributed by atoms with van der Waals surface area (Å²) in [7, 11) is 1.44. The molecule has 1 unspecified atom stereocenters. The number of halogens is 1. The smallest absolute Gasteiger partial charge is 0.223 e. The molecule has 1 heterocycles. The van der Waals surface area contributed by atoms with E-state index in [0.29, 0.717) is 18.9 Å². The summed E-state index contributed by atoms with van der Waals surface area (Å²) in [5.74, 6) is 0.0179. The molecule has 5 heteroatoms. The first-order valence-electron chi connectivity index (χ1n) is 7.98. The van der Waals surface area contributed by atoms with Gasteiger partial charge in [-0.25, -0.2) is 4.39 Å². The molecule has 122 valence electrons. The molecule has 22 heavy (non-hydrogen) atoms. The fourth-order valence-electron chi connectivity index (χ4n) is 2.92. The molecule has 1 aliphatic heterocycles. The SMILES string of the molecule is CCCN(C(=O)CCc1ccc(OC)c(F)c1)C1CCNC1. The molecular formula is C17H25FN2O2. The van der Waals surface area contributed by atoms with Crippen molar-refractivity contribution in [3.63, 3.8) is 0 Å². The van der Waals surface area contributed by atoms with Gasteiger partial charge in [0.15, 0.2) is 11.6 Å². The summed E-state index contributed by atoms with van der Waals surface area (Å²) in [6, 6.07) is 5.18. The van der Waals surface area contributed by atoms with Crippen molar-refractivity contribution in [2.45, 2.75) is 38.6 Å². The molecule has 1 aliphatic rings. The highest BCUT2D eigenvalue weighted by Crippen LogP contribution is 2.19. The number of ether oxygens (including phenoxy) is 1. The second-order valence-electron chi connectivity index (χ2n) is 5.70. The van der Waals surface area contributed by atoms with Gasteiger partial charge in [0.05, 0.1) is 7.11 Å². The van der Waals surface area contributed by atoms with Crippen molar-refractivity contribution >= 4 is 5.91 Å². The minimum absolute atomic E-state index is 0.159. The number of aryl methyl sites for hydroxylation is 1. The van der Waals surface area contributed by atoms with Crippen LogP contribution in [0.4, 0.5) is 4.39 Å². The maximum Gasteiger partial charge on any atom is 0.223 e. The summed E-state index contributed by atoms with van der Waals surface area (Å²) < 4.78 is 18.6. The highest BCUT2D eigenvalue weighted by atomic mass is 19.1. The van der Waals surface area contributed by atoms with Gasteiger partial charge in [0.25, 0.3) is 0 Å². The van der Waals surface area contributed by atoms with Gasteiger partial charge < -0.3 is 15.0 Å². The van der Waals surface area contributed by atoms with Crippen molar-refractivity contribution < 1.29 is 13.9 Å². The van der Waals surface area contributed by atoms with Gasteiger partial charge in [0, 0.05) is 25.6 Å². The number of hydrogen-bond acceptors (Lipinski definition) is 3. The second kappa shape index (κ2) is 8.13. The van der Waals surface area contributed by atoms with Crippen molar-refractivity contribution in [2.75, 3.05) is 26.7 Å². The molecule has 0 aromatic heterocycles.